The molecule has 0 aromatic carbocycles. The summed E-state index contributed by atoms with van der Waals surface area (Å²) in [5.41, 5.74) is -0.299. The van der Waals surface area contributed by atoms with Gasteiger partial charge in [0.25, 0.3) is 0 Å². The van der Waals surface area contributed by atoms with Gasteiger partial charge in [0, 0.05) is 11.7 Å². The second-order valence-corrected chi connectivity index (χ2v) is 7.49. The van der Waals surface area contributed by atoms with E-state index in [4.69, 9.17) is 0 Å². The summed E-state index contributed by atoms with van der Waals surface area (Å²) in [7, 11) is -3.26. The van der Waals surface area contributed by atoms with Gasteiger partial charge in [-0.25, -0.2) is 13.1 Å². The lowest BCUT2D eigenvalue weighted by Crippen LogP contribution is -2.37. The molecule has 0 bridgehead atoms. The Morgan fingerprint density at radius 2 is 1.91 bits per heavy atom. The smallest absolute Gasteiger partial charge is 0.266 e. The van der Waals surface area contributed by atoms with Crippen molar-refractivity contribution < 1.29 is 21.6 Å². The summed E-state index contributed by atoms with van der Waals surface area (Å²) in [5.74, 6) is 0. The molecule has 0 atom stereocenters. The summed E-state index contributed by atoms with van der Waals surface area (Å²) in [6, 6.07) is 0.846. The van der Waals surface area contributed by atoms with Gasteiger partial charge in [0.2, 0.25) is 10.0 Å². The third-order valence-corrected chi connectivity index (χ3v) is 4.65. The van der Waals surface area contributed by atoms with E-state index in [2.05, 4.69) is 9.82 Å². The maximum atomic E-state index is 12.8. The van der Waals surface area contributed by atoms with Crippen LogP contribution in [0.4, 0.5) is 13.2 Å². The van der Waals surface area contributed by atoms with Crippen LogP contribution in [0.3, 0.4) is 0 Å². The van der Waals surface area contributed by atoms with Gasteiger partial charge in [-0.05, 0) is 38.2 Å². The molecule has 0 amide bonds. The van der Waals surface area contributed by atoms with Gasteiger partial charge in [0.1, 0.15) is 0 Å². The number of hydrogen-bond acceptors (Lipinski definition) is 3. The van der Waals surface area contributed by atoms with Crippen molar-refractivity contribution in [1.82, 2.24) is 14.5 Å². The van der Waals surface area contributed by atoms with E-state index in [9.17, 15) is 21.6 Å². The van der Waals surface area contributed by atoms with Crippen molar-refractivity contribution in [3.8, 4) is 0 Å². The van der Waals surface area contributed by atoms with E-state index in [0.29, 0.717) is 37.8 Å². The van der Waals surface area contributed by atoms with Crippen LogP contribution in [0.1, 0.15) is 50.0 Å². The Hall–Kier alpha value is -1.09. The molecule has 1 saturated carbocycles. The van der Waals surface area contributed by atoms with Crippen molar-refractivity contribution in [3.63, 3.8) is 0 Å². The number of nitrogens with one attached hydrogen (secondary N) is 1. The summed E-state index contributed by atoms with van der Waals surface area (Å²) in [5, 5.41) is 3.73. The number of rotatable bonds is 4. The molecule has 1 heterocycles. The normalized spacial score (nSPS) is 23.7. The van der Waals surface area contributed by atoms with E-state index in [1.807, 2.05) is 0 Å². The molecule has 0 aliphatic heterocycles. The fourth-order valence-electron chi connectivity index (χ4n) is 2.89. The van der Waals surface area contributed by atoms with Crippen LogP contribution < -0.4 is 4.72 Å². The highest BCUT2D eigenvalue weighted by Crippen LogP contribution is 2.33. The Kier molecular flexibility index (Phi) is 4.86. The summed E-state index contributed by atoms with van der Waals surface area (Å²) < 4.78 is 64.8. The lowest BCUT2D eigenvalue weighted by Gasteiger charge is -2.29. The largest absolute Gasteiger partial charge is 0.435 e. The van der Waals surface area contributed by atoms with E-state index >= 15 is 0 Å². The zero-order chi connectivity index (χ0) is 16.5. The van der Waals surface area contributed by atoms with Crippen LogP contribution in [0.25, 0.3) is 0 Å². The SMILES string of the molecule is CCc1cc(C(F)(F)F)nn1C1CCC(NS(C)(=O)=O)CC1. The van der Waals surface area contributed by atoms with E-state index < -0.39 is 21.9 Å². The van der Waals surface area contributed by atoms with Crippen molar-refractivity contribution in [2.75, 3.05) is 6.26 Å². The van der Waals surface area contributed by atoms with E-state index in [1.165, 1.54) is 4.68 Å². The van der Waals surface area contributed by atoms with Crippen molar-refractivity contribution >= 4 is 10.0 Å². The average molecular weight is 339 g/mol. The first-order valence-corrected chi connectivity index (χ1v) is 9.12. The first-order valence-electron chi connectivity index (χ1n) is 7.23. The second kappa shape index (κ2) is 6.19. The molecule has 1 fully saturated rings. The minimum absolute atomic E-state index is 0.108. The Labute approximate surface area is 127 Å². The molecule has 2 rings (SSSR count). The van der Waals surface area contributed by atoms with E-state index in [0.717, 1.165) is 12.3 Å². The lowest BCUT2D eigenvalue weighted by atomic mass is 9.92. The summed E-state index contributed by atoms with van der Waals surface area (Å²) >= 11 is 0. The predicted octanol–water partition coefficient (Wildman–Crippen LogP) is 2.50. The highest BCUT2D eigenvalue weighted by atomic mass is 32.2. The van der Waals surface area contributed by atoms with Crippen LogP contribution in [0, 0.1) is 0 Å². The van der Waals surface area contributed by atoms with Gasteiger partial charge in [-0.15, -0.1) is 0 Å². The number of nitrogens with zero attached hydrogens (tertiary/aromatic N) is 2. The van der Waals surface area contributed by atoms with Gasteiger partial charge in [-0.2, -0.15) is 18.3 Å². The van der Waals surface area contributed by atoms with Crippen LogP contribution in [-0.2, 0) is 22.6 Å². The average Bonchev–Trinajstić information content (AvgIpc) is 2.81. The fourth-order valence-corrected chi connectivity index (χ4v) is 3.73. The molecule has 1 aliphatic carbocycles. The highest BCUT2D eigenvalue weighted by molar-refractivity contribution is 7.88. The molecule has 0 spiro atoms. The minimum Gasteiger partial charge on any atom is -0.266 e. The van der Waals surface area contributed by atoms with Crippen LogP contribution >= 0.6 is 0 Å². The summed E-state index contributed by atoms with van der Waals surface area (Å²) in [4.78, 5) is 0. The minimum atomic E-state index is -4.44. The first kappa shape index (κ1) is 17.3. The van der Waals surface area contributed by atoms with E-state index in [1.54, 1.807) is 6.92 Å². The quantitative estimate of drug-likeness (QED) is 0.917. The molecule has 1 N–H and O–H groups in total. The van der Waals surface area contributed by atoms with Crippen molar-refractivity contribution in [2.24, 2.45) is 0 Å². The number of alkyl halides is 3. The number of sulfonamides is 1. The Morgan fingerprint density at radius 3 is 2.36 bits per heavy atom. The van der Waals surface area contributed by atoms with Gasteiger partial charge in [0.15, 0.2) is 5.69 Å². The third kappa shape index (κ3) is 4.22. The van der Waals surface area contributed by atoms with Crippen molar-refractivity contribution in [3.05, 3.63) is 17.5 Å². The molecular weight excluding hydrogens is 319 g/mol. The Morgan fingerprint density at radius 1 is 1.32 bits per heavy atom. The van der Waals surface area contributed by atoms with Gasteiger partial charge in [-0.3, -0.25) is 4.68 Å². The van der Waals surface area contributed by atoms with Gasteiger partial charge >= 0.3 is 6.18 Å². The molecule has 0 unspecified atom stereocenters. The number of halogens is 3. The van der Waals surface area contributed by atoms with E-state index in [-0.39, 0.29) is 12.1 Å². The molecule has 1 aromatic rings. The molecule has 1 aromatic heterocycles. The number of aryl methyl sites for hydroxylation is 1. The molecule has 0 saturated heterocycles. The van der Waals surface area contributed by atoms with Crippen LogP contribution in [0.15, 0.2) is 6.07 Å². The molecule has 9 heteroatoms. The Bertz CT molecular complexity index is 617. The maximum absolute atomic E-state index is 12.8. The zero-order valence-electron chi connectivity index (χ0n) is 12.5. The monoisotopic (exact) mass is 339 g/mol. The maximum Gasteiger partial charge on any atom is 0.435 e. The van der Waals surface area contributed by atoms with Gasteiger partial charge in [-0.1, -0.05) is 6.92 Å². The second-order valence-electron chi connectivity index (χ2n) is 5.71. The van der Waals surface area contributed by atoms with Gasteiger partial charge in [0.05, 0.1) is 12.3 Å². The first-order chi connectivity index (χ1) is 10.1. The molecule has 126 valence electrons. The third-order valence-electron chi connectivity index (χ3n) is 3.89. The number of aromatic nitrogens is 2. The topological polar surface area (TPSA) is 64.0 Å². The molecule has 0 radical (unpaired) electrons. The fraction of sp³-hybridized carbons (Fsp3) is 0.769. The summed E-state index contributed by atoms with van der Waals surface area (Å²) in [6.07, 6.45) is -0.436. The standard InChI is InChI=1S/C13H20F3N3O2S/c1-3-10-8-12(13(14,15)16)17-19(10)11-6-4-9(5-7-11)18-22(2,20)21/h8-9,11,18H,3-7H2,1-2H3. The zero-order valence-corrected chi connectivity index (χ0v) is 13.3. The van der Waals surface area contributed by atoms with Crippen molar-refractivity contribution in [2.45, 2.75) is 57.3 Å². The number of hydrogen-bond donors (Lipinski definition) is 1. The lowest BCUT2D eigenvalue weighted by molar-refractivity contribution is -0.141. The van der Waals surface area contributed by atoms with Gasteiger partial charge < -0.3 is 0 Å². The van der Waals surface area contributed by atoms with Crippen LogP contribution in [0.5, 0.6) is 0 Å². The molecular formula is C13H20F3N3O2S. The molecule has 1 aliphatic rings. The van der Waals surface area contributed by atoms with Crippen molar-refractivity contribution in [1.29, 1.82) is 0 Å². The molecule has 22 heavy (non-hydrogen) atoms. The van der Waals surface area contributed by atoms with Crippen LogP contribution in [0.2, 0.25) is 0 Å². The highest BCUT2D eigenvalue weighted by Gasteiger charge is 2.36. The van der Waals surface area contributed by atoms with Crippen LogP contribution in [-0.4, -0.2) is 30.5 Å². The predicted molar refractivity (Wildman–Crippen MR) is 75.9 cm³/mol. The Balaban J connectivity index is 2.09. The summed E-state index contributed by atoms with van der Waals surface area (Å²) in [6.45, 7) is 1.80. The molecule has 5 nitrogen and oxygen atoms in total.